The summed E-state index contributed by atoms with van der Waals surface area (Å²) < 4.78 is 5.65. The number of allylic oxidation sites excluding steroid dienone is 1. The van der Waals surface area contributed by atoms with Gasteiger partial charge in [-0.15, -0.1) is 0 Å². The third-order valence-corrected chi connectivity index (χ3v) is 3.55. The van der Waals surface area contributed by atoms with E-state index in [4.69, 9.17) is 4.74 Å². The summed E-state index contributed by atoms with van der Waals surface area (Å²) in [5.74, 6) is 0.697. The lowest BCUT2D eigenvalue weighted by Crippen LogP contribution is -2.42. The first kappa shape index (κ1) is 14.6. The van der Waals surface area contributed by atoms with Gasteiger partial charge in [0.2, 0.25) is 0 Å². The van der Waals surface area contributed by atoms with Gasteiger partial charge < -0.3 is 9.64 Å². The van der Waals surface area contributed by atoms with E-state index in [2.05, 4.69) is 6.07 Å². The minimum atomic E-state index is -0.266. The second-order valence-electron chi connectivity index (χ2n) is 5.73. The molecule has 0 fully saturated rings. The minimum absolute atomic E-state index is 0.127. The average molecular weight is 273 g/mol. The molecule has 0 heterocycles. The van der Waals surface area contributed by atoms with Gasteiger partial charge in [-0.05, 0) is 52.2 Å². The Morgan fingerprint density at radius 3 is 2.45 bits per heavy atom. The average Bonchev–Trinajstić information content (AvgIpc) is 2.38. The van der Waals surface area contributed by atoms with Crippen molar-refractivity contribution in [3.05, 3.63) is 41.5 Å². The Balaban J connectivity index is 2.18. The highest BCUT2D eigenvalue weighted by atomic mass is 16.6. The first-order valence-electron chi connectivity index (χ1n) is 7.29. The fraction of sp³-hybridized carbons (Fsp3) is 0.471. The number of hydrogen-bond acceptors (Lipinski definition) is 2. The van der Waals surface area contributed by atoms with Gasteiger partial charge in [-0.2, -0.15) is 0 Å². The molecule has 0 aromatic heterocycles. The van der Waals surface area contributed by atoms with Crippen LogP contribution < -0.4 is 0 Å². The van der Waals surface area contributed by atoms with Crippen LogP contribution in [0.1, 0.15) is 45.2 Å². The first-order chi connectivity index (χ1) is 9.50. The lowest BCUT2D eigenvalue weighted by Gasteiger charge is -2.30. The summed E-state index contributed by atoms with van der Waals surface area (Å²) in [6.07, 6.45) is 3.68. The van der Waals surface area contributed by atoms with E-state index in [-0.39, 0.29) is 18.2 Å². The van der Waals surface area contributed by atoms with Gasteiger partial charge >= 0.3 is 6.09 Å². The van der Waals surface area contributed by atoms with Crippen molar-refractivity contribution in [2.75, 3.05) is 0 Å². The molecule has 0 radical (unpaired) electrons. The predicted octanol–water partition coefficient (Wildman–Crippen LogP) is 4.23. The molecular formula is C17H23NO2. The largest absolute Gasteiger partial charge is 0.415 e. The van der Waals surface area contributed by atoms with Crippen molar-refractivity contribution >= 4 is 11.9 Å². The van der Waals surface area contributed by atoms with Gasteiger partial charge in [0.1, 0.15) is 5.76 Å². The summed E-state index contributed by atoms with van der Waals surface area (Å²) in [6.45, 7) is 8.02. The summed E-state index contributed by atoms with van der Waals surface area (Å²) in [5, 5.41) is 0. The van der Waals surface area contributed by atoms with Crippen molar-refractivity contribution in [1.29, 1.82) is 0 Å². The van der Waals surface area contributed by atoms with Gasteiger partial charge in [0.05, 0.1) is 0 Å². The van der Waals surface area contributed by atoms with Crippen LogP contribution in [0.25, 0.3) is 5.76 Å². The molecule has 3 nitrogen and oxygen atoms in total. The number of ether oxygens (including phenoxy) is 1. The van der Waals surface area contributed by atoms with E-state index in [1.807, 2.05) is 52.0 Å². The van der Waals surface area contributed by atoms with E-state index in [0.717, 1.165) is 18.4 Å². The van der Waals surface area contributed by atoms with Crippen LogP contribution in [0, 0.1) is 0 Å². The number of fused-ring (bicyclic) bond motifs is 1. The molecule has 0 aliphatic heterocycles. The molecule has 20 heavy (non-hydrogen) atoms. The molecule has 3 heteroatoms. The lowest BCUT2D eigenvalue weighted by atomic mass is 9.96. The first-order valence-corrected chi connectivity index (χ1v) is 7.29. The van der Waals surface area contributed by atoms with E-state index in [1.165, 1.54) is 5.56 Å². The van der Waals surface area contributed by atoms with Crippen LogP contribution in [0.2, 0.25) is 0 Å². The number of rotatable bonds is 3. The molecule has 0 N–H and O–H groups in total. The highest BCUT2D eigenvalue weighted by Gasteiger charge is 2.24. The van der Waals surface area contributed by atoms with Crippen LogP contribution in [0.4, 0.5) is 4.79 Å². The van der Waals surface area contributed by atoms with Crippen LogP contribution in [-0.2, 0) is 11.2 Å². The molecule has 0 bridgehead atoms. The monoisotopic (exact) mass is 273 g/mol. The highest BCUT2D eigenvalue weighted by Crippen LogP contribution is 2.28. The summed E-state index contributed by atoms with van der Waals surface area (Å²) in [4.78, 5) is 14.1. The zero-order valence-electron chi connectivity index (χ0n) is 12.7. The maximum absolute atomic E-state index is 12.4. The molecule has 0 unspecified atom stereocenters. The van der Waals surface area contributed by atoms with Gasteiger partial charge in [-0.1, -0.05) is 24.3 Å². The Labute approximate surface area is 121 Å². The summed E-state index contributed by atoms with van der Waals surface area (Å²) >= 11 is 0. The second-order valence-corrected chi connectivity index (χ2v) is 5.73. The zero-order valence-corrected chi connectivity index (χ0v) is 12.7. The molecule has 1 aromatic carbocycles. The van der Waals surface area contributed by atoms with E-state index in [1.54, 1.807) is 4.90 Å². The normalized spacial score (nSPS) is 14.0. The minimum Gasteiger partial charge on any atom is -0.410 e. The number of amides is 1. The number of carbonyl (C=O) groups is 1. The van der Waals surface area contributed by atoms with Crippen LogP contribution in [0.3, 0.4) is 0 Å². The Morgan fingerprint density at radius 1 is 1.15 bits per heavy atom. The smallest absolute Gasteiger partial charge is 0.410 e. The maximum Gasteiger partial charge on any atom is 0.415 e. The second kappa shape index (κ2) is 6.12. The van der Waals surface area contributed by atoms with E-state index >= 15 is 0 Å². The SMILES string of the molecule is CC(C)N(C(=O)OC1=CCCc2ccccc21)C(C)C. The number of benzene rings is 1. The number of nitrogens with zero attached hydrogens (tertiary/aromatic N) is 1. The van der Waals surface area contributed by atoms with Gasteiger partial charge in [0.25, 0.3) is 0 Å². The fourth-order valence-electron chi connectivity index (χ4n) is 2.71. The topological polar surface area (TPSA) is 29.5 Å². The molecule has 0 spiro atoms. The summed E-state index contributed by atoms with van der Waals surface area (Å²) in [5.41, 5.74) is 2.29. The van der Waals surface area contributed by atoms with Crippen molar-refractivity contribution in [3.8, 4) is 0 Å². The van der Waals surface area contributed by atoms with Gasteiger partial charge in [0, 0.05) is 17.6 Å². The molecule has 1 aromatic rings. The van der Waals surface area contributed by atoms with Gasteiger partial charge in [0.15, 0.2) is 0 Å². The molecule has 108 valence electrons. The number of hydrogen-bond donors (Lipinski definition) is 0. The zero-order chi connectivity index (χ0) is 14.7. The lowest BCUT2D eigenvalue weighted by molar-refractivity contribution is 0.114. The maximum atomic E-state index is 12.4. The third-order valence-electron chi connectivity index (χ3n) is 3.55. The number of aryl methyl sites for hydroxylation is 1. The van der Waals surface area contributed by atoms with Gasteiger partial charge in [-0.3, -0.25) is 0 Å². The van der Waals surface area contributed by atoms with E-state index in [0.29, 0.717) is 5.76 Å². The van der Waals surface area contributed by atoms with Crippen LogP contribution in [-0.4, -0.2) is 23.1 Å². The predicted molar refractivity (Wildman–Crippen MR) is 81.3 cm³/mol. The molecule has 1 aliphatic rings. The molecule has 1 aliphatic carbocycles. The Bertz CT molecular complexity index is 509. The fourth-order valence-corrected chi connectivity index (χ4v) is 2.71. The highest BCUT2D eigenvalue weighted by molar-refractivity contribution is 5.78. The van der Waals surface area contributed by atoms with Crippen LogP contribution in [0.15, 0.2) is 30.3 Å². The Hall–Kier alpha value is -1.77. The van der Waals surface area contributed by atoms with E-state index in [9.17, 15) is 4.79 Å². The standard InChI is InChI=1S/C17H23NO2/c1-12(2)18(13(3)4)17(19)20-16-11-7-9-14-8-5-6-10-15(14)16/h5-6,8,10-13H,7,9H2,1-4H3. The molecule has 0 saturated heterocycles. The molecule has 2 rings (SSSR count). The molecule has 0 saturated carbocycles. The van der Waals surface area contributed by atoms with Gasteiger partial charge in [-0.25, -0.2) is 4.79 Å². The summed E-state index contributed by atoms with van der Waals surface area (Å²) in [6, 6.07) is 8.37. The van der Waals surface area contributed by atoms with E-state index < -0.39 is 0 Å². The van der Waals surface area contributed by atoms with Crippen molar-refractivity contribution in [1.82, 2.24) is 4.90 Å². The third kappa shape index (κ3) is 3.03. The summed E-state index contributed by atoms with van der Waals surface area (Å²) in [7, 11) is 0. The van der Waals surface area contributed by atoms with Crippen molar-refractivity contribution in [2.24, 2.45) is 0 Å². The van der Waals surface area contributed by atoms with Crippen LogP contribution >= 0.6 is 0 Å². The van der Waals surface area contributed by atoms with Crippen molar-refractivity contribution in [3.63, 3.8) is 0 Å². The van der Waals surface area contributed by atoms with Crippen LogP contribution in [0.5, 0.6) is 0 Å². The Kier molecular flexibility index (Phi) is 4.48. The molecule has 1 amide bonds. The van der Waals surface area contributed by atoms with Crippen molar-refractivity contribution < 1.29 is 9.53 Å². The number of carbonyl (C=O) groups excluding carboxylic acids is 1. The molecule has 0 atom stereocenters. The quantitative estimate of drug-likeness (QED) is 0.824. The van der Waals surface area contributed by atoms with Crippen molar-refractivity contribution in [2.45, 2.75) is 52.6 Å². The molecular weight excluding hydrogens is 250 g/mol. The Morgan fingerprint density at radius 2 is 1.80 bits per heavy atom.